The molecule has 0 spiro atoms. The van der Waals surface area contributed by atoms with E-state index >= 15 is 0 Å². The minimum absolute atomic E-state index is 0.0123. The van der Waals surface area contributed by atoms with Gasteiger partial charge in [0, 0.05) is 22.7 Å². The highest BCUT2D eigenvalue weighted by Gasteiger charge is 2.59. The van der Waals surface area contributed by atoms with Crippen LogP contribution in [0.15, 0.2) is 54.7 Å². The van der Waals surface area contributed by atoms with Crippen molar-refractivity contribution in [2.75, 3.05) is 0 Å². The molecule has 0 aliphatic rings. The van der Waals surface area contributed by atoms with Crippen LogP contribution in [0.4, 0.5) is 17.6 Å². The van der Waals surface area contributed by atoms with Crippen LogP contribution >= 0.6 is 23.2 Å². The molecule has 168 valence electrons. The number of hydrogen-bond acceptors (Lipinski definition) is 3. The van der Waals surface area contributed by atoms with Crippen LogP contribution in [0.5, 0.6) is 0 Å². The Morgan fingerprint density at radius 1 is 1.03 bits per heavy atom. The molecule has 0 amide bonds. The Kier molecular flexibility index (Phi) is 6.51. The van der Waals surface area contributed by atoms with Gasteiger partial charge in [-0.3, -0.25) is 4.98 Å². The first kappa shape index (κ1) is 24.0. The highest BCUT2D eigenvalue weighted by atomic mass is 35.5. The molecular formula is C22H15Cl2F4NO3. The van der Waals surface area contributed by atoms with E-state index in [4.69, 9.17) is 23.2 Å². The molecule has 0 aliphatic carbocycles. The van der Waals surface area contributed by atoms with Crippen LogP contribution in [0.1, 0.15) is 34.3 Å². The van der Waals surface area contributed by atoms with Crippen molar-refractivity contribution < 1.29 is 32.6 Å². The quantitative estimate of drug-likeness (QED) is 0.406. The fourth-order valence-corrected chi connectivity index (χ4v) is 3.94. The zero-order valence-electron chi connectivity index (χ0n) is 16.3. The van der Waals surface area contributed by atoms with E-state index in [1.807, 2.05) is 0 Å². The molecular weight excluding hydrogens is 473 g/mol. The number of aromatic carboxylic acids is 1. The third-order valence-corrected chi connectivity index (χ3v) is 5.84. The second-order valence-electron chi connectivity index (χ2n) is 7.08. The van der Waals surface area contributed by atoms with Crippen LogP contribution < -0.4 is 0 Å². The van der Waals surface area contributed by atoms with E-state index in [0.29, 0.717) is 0 Å². The monoisotopic (exact) mass is 487 g/mol. The van der Waals surface area contributed by atoms with Crippen LogP contribution in [0.3, 0.4) is 0 Å². The molecule has 0 radical (unpaired) electrons. The number of carbonyl (C=O) groups is 1. The second-order valence-corrected chi connectivity index (χ2v) is 7.90. The van der Waals surface area contributed by atoms with Crippen LogP contribution in [0.25, 0.3) is 11.3 Å². The fraction of sp³-hybridized carbons (Fsp3) is 0.182. The molecule has 0 aliphatic heterocycles. The second kappa shape index (κ2) is 8.69. The Balaban J connectivity index is 2.16. The Morgan fingerprint density at radius 2 is 1.72 bits per heavy atom. The van der Waals surface area contributed by atoms with Gasteiger partial charge in [0.05, 0.1) is 16.3 Å². The summed E-state index contributed by atoms with van der Waals surface area (Å²) < 4.78 is 56.0. The molecule has 4 nitrogen and oxygen atoms in total. The summed E-state index contributed by atoms with van der Waals surface area (Å²) in [6.45, 7) is 1.12. The Hall–Kier alpha value is -2.68. The van der Waals surface area contributed by atoms with Crippen LogP contribution in [0.2, 0.25) is 10.0 Å². The molecule has 32 heavy (non-hydrogen) atoms. The van der Waals surface area contributed by atoms with Gasteiger partial charge in [-0.05, 0) is 47.5 Å². The van der Waals surface area contributed by atoms with Gasteiger partial charge in [-0.15, -0.1) is 0 Å². The normalized spacial score (nSPS) is 14.6. The molecule has 0 saturated heterocycles. The van der Waals surface area contributed by atoms with Crippen molar-refractivity contribution in [3.63, 3.8) is 0 Å². The number of carboxylic acids is 1. The summed E-state index contributed by atoms with van der Waals surface area (Å²) in [4.78, 5) is 15.3. The van der Waals surface area contributed by atoms with Gasteiger partial charge in [-0.25, -0.2) is 9.18 Å². The Labute approximate surface area is 190 Å². The van der Waals surface area contributed by atoms with E-state index in [1.54, 1.807) is 0 Å². The summed E-state index contributed by atoms with van der Waals surface area (Å²) >= 11 is 11.8. The lowest BCUT2D eigenvalue weighted by Gasteiger charge is -2.37. The summed E-state index contributed by atoms with van der Waals surface area (Å²) in [7, 11) is 0. The molecule has 10 heteroatoms. The molecule has 2 N–H and O–H groups in total. The first-order chi connectivity index (χ1) is 14.9. The number of pyridine rings is 1. The lowest BCUT2D eigenvalue weighted by Crippen LogP contribution is -2.46. The van der Waals surface area contributed by atoms with Crippen LogP contribution in [-0.2, 0) is 5.60 Å². The zero-order valence-corrected chi connectivity index (χ0v) is 17.8. The summed E-state index contributed by atoms with van der Waals surface area (Å²) in [5, 5.41) is 19.9. The molecule has 0 fully saturated rings. The highest BCUT2D eigenvalue weighted by Crippen LogP contribution is 2.50. The molecule has 3 aromatic rings. The van der Waals surface area contributed by atoms with E-state index in [0.717, 1.165) is 43.5 Å². The maximum Gasteiger partial charge on any atom is 0.422 e. The van der Waals surface area contributed by atoms with E-state index in [-0.39, 0.29) is 32.4 Å². The van der Waals surface area contributed by atoms with Gasteiger partial charge < -0.3 is 10.2 Å². The Morgan fingerprint density at radius 3 is 2.31 bits per heavy atom. The van der Waals surface area contributed by atoms with Crippen molar-refractivity contribution in [2.24, 2.45) is 0 Å². The number of aliphatic hydroxyl groups is 1. The zero-order chi connectivity index (χ0) is 23.8. The van der Waals surface area contributed by atoms with E-state index < -0.39 is 35.0 Å². The van der Waals surface area contributed by atoms with Gasteiger partial charge in [0.25, 0.3) is 0 Å². The molecule has 0 saturated carbocycles. The predicted molar refractivity (Wildman–Crippen MR) is 111 cm³/mol. The third-order valence-electron chi connectivity index (χ3n) is 5.18. The summed E-state index contributed by atoms with van der Waals surface area (Å²) in [5.74, 6) is -3.67. The number of hydrogen-bond donors (Lipinski definition) is 2. The number of nitrogens with zero attached hydrogens (tertiary/aromatic N) is 1. The standard InChI is InChI=1S/C22H15Cl2F4NO3/c1-11(15-4-3-14(25)10-18(15)24)21(32,22(26,27)28)13-6-7-29-19(9-13)12-2-5-17(23)16(8-12)20(30)31/h2-11,32H,1H3,(H,30,31). The average Bonchev–Trinajstić information content (AvgIpc) is 2.72. The van der Waals surface area contributed by atoms with Gasteiger partial charge in [0.1, 0.15) is 5.82 Å². The van der Waals surface area contributed by atoms with Gasteiger partial charge in [0.15, 0.2) is 5.60 Å². The van der Waals surface area contributed by atoms with Crippen molar-refractivity contribution in [2.45, 2.75) is 24.6 Å². The van der Waals surface area contributed by atoms with Gasteiger partial charge in [-0.1, -0.05) is 42.3 Å². The highest BCUT2D eigenvalue weighted by molar-refractivity contribution is 6.33. The van der Waals surface area contributed by atoms with Gasteiger partial charge >= 0.3 is 12.1 Å². The maximum atomic E-state index is 14.2. The largest absolute Gasteiger partial charge is 0.478 e. The molecule has 2 atom stereocenters. The lowest BCUT2D eigenvalue weighted by atomic mass is 9.77. The smallest absolute Gasteiger partial charge is 0.422 e. The number of carboxylic acid groups (broad SMARTS) is 1. The fourth-order valence-electron chi connectivity index (χ4n) is 3.41. The molecule has 2 unspecified atom stereocenters. The van der Waals surface area contributed by atoms with Crippen molar-refractivity contribution in [1.29, 1.82) is 0 Å². The van der Waals surface area contributed by atoms with E-state index in [2.05, 4.69) is 4.98 Å². The van der Waals surface area contributed by atoms with E-state index in [9.17, 15) is 32.6 Å². The molecule has 1 heterocycles. The third kappa shape index (κ3) is 4.30. The Bertz CT molecular complexity index is 1190. The van der Waals surface area contributed by atoms with Crippen molar-refractivity contribution in [3.05, 3.63) is 87.3 Å². The molecule has 2 aromatic carbocycles. The number of alkyl halides is 3. The summed E-state index contributed by atoms with van der Waals surface area (Å²) in [6.07, 6.45) is -4.08. The van der Waals surface area contributed by atoms with Crippen LogP contribution in [0, 0.1) is 5.82 Å². The van der Waals surface area contributed by atoms with Crippen LogP contribution in [-0.4, -0.2) is 27.3 Å². The maximum absolute atomic E-state index is 14.2. The summed E-state index contributed by atoms with van der Waals surface area (Å²) in [6, 6.07) is 8.76. The molecule has 0 bridgehead atoms. The van der Waals surface area contributed by atoms with Crippen molar-refractivity contribution >= 4 is 29.2 Å². The predicted octanol–water partition coefficient (Wildman–Crippen LogP) is 6.45. The van der Waals surface area contributed by atoms with Gasteiger partial charge in [-0.2, -0.15) is 13.2 Å². The van der Waals surface area contributed by atoms with Gasteiger partial charge in [0.2, 0.25) is 0 Å². The van der Waals surface area contributed by atoms with Crippen molar-refractivity contribution in [1.82, 2.24) is 4.98 Å². The molecule has 3 rings (SSSR count). The first-order valence-corrected chi connectivity index (χ1v) is 9.85. The molecule has 1 aromatic heterocycles. The number of rotatable bonds is 5. The number of benzene rings is 2. The average molecular weight is 488 g/mol. The minimum Gasteiger partial charge on any atom is -0.478 e. The minimum atomic E-state index is -5.14. The van der Waals surface area contributed by atoms with E-state index in [1.165, 1.54) is 18.2 Å². The number of aromatic nitrogens is 1. The lowest BCUT2D eigenvalue weighted by molar-refractivity contribution is -0.274. The van der Waals surface area contributed by atoms with Crippen molar-refractivity contribution in [3.8, 4) is 11.3 Å². The SMILES string of the molecule is CC(c1ccc(F)cc1Cl)C(O)(c1ccnc(-c2ccc(Cl)c(C(=O)O)c2)c1)C(F)(F)F. The first-order valence-electron chi connectivity index (χ1n) is 9.10. The topological polar surface area (TPSA) is 70.4 Å². The number of halogens is 6. The summed E-state index contributed by atoms with van der Waals surface area (Å²) in [5.41, 5.74) is -4.14.